The van der Waals surface area contributed by atoms with Crippen molar-refractivity contribution < 1.29 is 4.42 Å². The Kier molecular flexibility index (Phi) is 8.68. The van der Waals surface area contributed by atoms with Gasteiger partial charge in [0.15, 0.2) is 0 Å². The normalized spacial score (nSPS) is 11.4. The zero-order valence-electron chi connectivity index (χ0n) is 32.0. The summed E-state index contributed by atoms with van der Waals surface area (Å²) in [7, 11) is 0. The lowest BCUT2D eigenvalue weighted by atomic mass is 9.96. The van der Waals surface area contributed by atoms with Crippen LogP contribution < -0.4 is 4.90 Å². The Hall–Kier alpha value is -7.53. The van der Waals surface area contributed by atoms with Crippen LogP contribution in [0.2, 0.25) is 0 Å². The van der Waals surface area contributed by atoms with E-state index in [2.05, 4.69) is 199 Å². The maximum atomic E-state index is 6.13. The van der Waals surface area contributed by atoms with Crippen molar-refractivity contribution in [3.05, 3.63) is 218 Å². The molecule has 2 aromatic heterocycles. The van der Waals surface area contributed by atoms with Crippen LogP contribution in [0, 0.1) is 0 Å². The highest BCUT2D eigenvalue weighted by Gasteiger charge is 2.15. The molecule has 4 heteroatoms. The number of thiazole rings is 1. The summed E-state index contributed by atoms with van der Waals surface area (Å²) in [6.07, 6.45) is 0. The first-order chi connectivity index (χ1) is 29.2. The summed E-state index contributed by atoms with van der Waals surface area (Å²) in [4.78, 5) is 7.24. The standard InChI is InChI=1S/C55H36N2OS/c1-3-11-49-41(8-1)10-7-12-50(49)42-20-16-37(17-21-42)39-24-30-46(31-25-39)57(48-34-28-44(29-35-48)55-56-51-13-4-6-15-54(51)59-55)47-32-26-40(27-33-47)38-18-22-43(23-19-38)53-36-45-9-2-5-14-52(45)58-53/h1-36H. The van der Waals surface area contributed by atoms with Gasteiger partial charge in [-0.05, 0) is 117 Å². The number of benzene rings is 9. The van der Waals surface area contributed by atoms with E-state index in [1.807, 2.05) is 24.3 Å². The molecule has 278 valence electrons. The summed E-state index contributed by atoms with van der Waals surface area (Å²) in [5.41, 5.74) is 14.5. The molecule has 0 bridgehead atoms. The van der Waals surface area contributed by atoms with Gasteiger partial charge in [0.1, 0.15) is 16.4 Å². The monoisotopic (exact) mass is 772 g/mol. The molecule has 0 saturated carbocycles. The summed E-state index contributed by atoms with van der Waals surface area (Å²) in [6, 6.07) is 77.7. The second kappa shape index (κ2) is 14.8. The highest BCUT2D eigenvalue weighted by Crippen LogP contribution is 2.39. The average Bonchev–Trinajstić information content (AvgIpc) is 3.95. The van der Waals surface area contributed by atoms with Crippen LogP contribution in [0.1, 0.15) is 0 Å². The number of aromatic nitrogens is 1. The number of anilines is 3. The van der Waals surface area contributed by atoms with E-state index in [1.54, 1.807) is 11.3 Å². The molecule has 0 atom stereocenters. The molecular formula is C55H36N2OS. The number of fused-ring (bicyclic) bond motifs is 3. The zero-order valence-corrected chi connectivity index (χ0v) is 32.8. The summed E-state index contributed by atoms with van der Waals surface area (Å²) >= 11 is 1.73. The molecule has 11 rings (SSSR count). The molecule has 0 saturated heterocycles. The van der Waals surface area contributed by atoms with Gasteiger partial charge in [0.25, 0.3) is 0 Å². The predicted molar refractivity (Wildman–Crippen MR) is 249 cm³/mol. The summed E-state index contributed by atoms with van der Waals surface area (Å²) in [5, 5.41) is 4.66. The Morgan fingerprint density at radius 1 is 0.390 bits per heavy atom. The minimum Gasteiger partial charge on any atom is -0.456 e. The van der Waals surface area contributed by atoms with Gasteiger partial charge in [0.2, 0.25) is 0 Å². The van der Waals surface area contributed by atoms with Crippen LogP contribution in [0.3, 0.4) is 0 Å². The van der Waals surface area contributed by atoms with E-state index in [9.17, 15) is 0 Å². The van der Waals surface area contributed by atoms with E-state index in [0.29, 0.717) is 0 Å². The SMILES string of the molecule is c1ccc2oc(-c3ccc(-c4ccc(N(c5ccc(-c6ccc(-c7cccc8ccccc78)cc6)cc5)c5ccc(-c6nc7ccccc7s6)cc5)cc4)cc3)cc2c1. The van der Waals surface area contributed by atoms with E-state index >= 15 is 0 Å². The molecule has 0 N–H and O–H groups in total. The lowest BCUT2D eigenvalue weighted by Gasteiger charge is -2.26. The van der Waals surface area contributed by atoms with Gasteiger partial charge >= 0.3 is 0 Å². The molecule has 11 aromatic rings. The molecule has 0 amide bonds. The van der Waals surface area contributed by atoms with E-state index in [0.717, 1.165) is 66.6 Å². The van der Waals surface area contributed by atoms with Crippen LogP contribution in [0.15, 0.2) is 223 Å². The molecule has 3 nitrogen and oxygen atoms in total. The van der Waals surface area contributed by atoms with Crippen LogP contribution in [0.5, 0.6) is 0 Å². The summed E-state index contributed by atoms with van der Waals surface area (Å²) < 4.78 is 7.33. The Bertz CT molecular complexity index is 3160. The van der Waals surface area contributed by atoms with Crippen molar-refractivity contribution in [2.45, 2.75) is 0 Å². The molecule has 2 heterocycles. The fourth-order valence-corrected chi connectivity index (χ4v) is 9.04. The van der Waals surface area contributed by atoms with Gasteiger partial charge in [-0.1, -0.05) is 146 Å². The molecule has 0 aliphatic rings. The summed E-state index contributed by atoms with van der Waals surface area (Å²) in [6.45, 7) is 0. The van der Waals surface area contributed by atoms with Crippen molar-refractivity contribution in [3.63, 3.8) is 0 Å². The second-order valence-electron chi connectivity index (χ2n) is 14.8. The van der Waals surface area contributed by atoms with Crippen molar-refractivity contribution in [1.82, 2.24) is 4.98 Å². The van der Waals surface area contributed by atoms with E-state index in [4.69, 9.17) is 9.40 Å². The lowest BCUT2D eigenvalue weighted by molar-refractivity contribution is 0.631. The predicted octanol–water partition coefficient (Wildman–Crippen LogP) is 16.0. The molecule has 0 aliphatic heterocycles. The molecule has 9 aromatic carbocycles. The minimum absolute atomic E-state index is 0.877. The average molecular weight is 773 g/mol. The van der Waals surface area contributed by atoms with Crippen LogP contribution in [0.4, 0.5) is 17.1 Å². The van der Waals surface area contributed by atoms with Gasteiger partial charge in [-0.25, -0.2) is 4.98 Å². The van der Waals surface area contributed by atoms with Gasteiger partial charge in [-0.2, -0.15) is 0 Å². The first kappa shape index (κ1) is 34.7. The van der Waals surface area contributed by atoms with E-state index < -0.39 is 0 Å². The van der Waals surface area contributed by atoms with Crippen molar-refractivity contribution in [3.8, 4) is 55.3 Å². The lowest BCUT2D eigenvalue weighted by Crippen LogP contribution is -2.09. The Morgan fingerprint density at radius 2 is 0.881 bits per heavy atom. The second-order valence-corrected chi connectivity index (χ2v) is 15.8. The Labute approximate surface area is 346 Å². The van der Waals surface area contributed by atoms with Gasteiger partial charge in [0.05, 0.1) is 10.2 Å². The largest absolute Gasteiger partial charge is 0.456 e. The third-order valence-corrected chi connectivity index (χ3v) is 12.2. The highest BCUT2D eigenvalue weighted by atomic mass is 32.1. The molecule has 0 fully saturated rings. The van der Waals surface area contributed by atoms with Crippen LogP contribution >= 0.6 is 11.3 Å². The number of furan rings is 1. The van der Waals surface area contributed by atoms with Crippen molar-refractivity contribution in [1.29, 1.82) is 0 Å². The molecule has 0 radical (unpaired) electrons. The van der Waals surface area contributed by atoms with Crippen molar-refractivity contribution in [2.75, 3.05) is 4.90 Å². The molecule has 0 unspecified atom stereocenters. The number of nitrogens with zero attached hydrogens (tertiary/aromatic N) is 2. The molecule has 0 spiro atoms. The van der Waals surface area contributed by atoms with Crippen LogP contribution in [0.25, 0.3) is 87.2 Å². The Balaban J connectivity index is 0.903. The van der Waals surface area contributed by atoms with Gasteiger partial charge < -0.3 is 9.32 Å². The third kappa shape index (κ3) is 6.66. The van der Waals surface area contributed by atoms with Gasteiger partial charge in [-0.15, -0.1) is 11.3 Å². The third-order valence-electron chi connectivity index (χ3n) is 11.2. The number of hydrogen-bond acceptors (Lipinski definition) is 4. The Morgan fingerprint density at radius 3 is 1.51 bits per heavy atom. The quantitative estimate of drug-likeness (QED) is 0.154. The van der Waals surface area contributed by atoms with Crippen LogP contribution in [-0.2, 0) is 0 Å². The number of para-hydroxylation sites is 2. The maximum Gasteiger partial charge on any atom is 0.135 e. The number of rotatable bonds is 8. The minimum atomic E-state index is 0.877. The zero-order chi connectivity index (χ0) is 39.1. The van der Waals surface area contributed by atoms with Gasteiger partial charge in [0, 0.05) is 33.6 Å². The molecular weight excluding hydrogens is 737 g/mol. The van der Waals surface area contributed by atoms with Crippen LogP contribution in [-0.4, -0.2) is 4.98 Å². The van der Waals surface area contributed by atoms with Crippen molar-refractivity contribution >= 4 is 60.4 Å². The fourth-order valence-electron chi connectivity index (χ4n) is 8.07. The highest BCUT2D eigenvalue weighted by molar-refractivity contribution is 7.21. The topological polar surface area (TPSA) is 29.3 Å². The van der Waals surface area contributed by atoms with E-state index in [1.165, 1.54) is 37.7 Å². The maximum absolute atomic E-state index is 6.13. The fraction of sp³-hybridized carbons (Fsp3) is 0. The first-order valence-electron chi connectivity index (χ1n) is 19.8. The first-order valence-corrected chi connectivity index (χ1v) is 20.7. The summed E-state index contributed by atoms with van der Waals surface area (Å²) in [5.74, 6) is 0.877. The molecule has 59 heavy (non-hydrogen) atoms. The van der Waals surface area contributed by atoms with Gasteiger partial charge in [-0.3, -0.25) is 0 Å². The smallest absolute Gasteiger partial charge is 0.135 e. The molecule has 0 aliphatic carbocycles. The number of hydrogen-bond donors (Lipinski definition) is 0. The van der Waals surface area contributed by atoms with E-state index in [-0.39, 0.29) is 0 Å². The van der Waals surface area contributed by atoms with Crippen molar-refractivity contribution in [2.24, 2.45) is 0 Å².